The molecule has 8 nitrogen and oxygen atoms in total. The van der Waals surface area contributed by atoms with Crippen LogP contribution in [0.15, 0.2) is 75.4 Å². The molecule has 0 saturated heterocycles. The smallest absolute Gasteiger partial charge is 0.294 e. The zero-order valence-corrected chi connectivity index (χ0v) is 19.7. The van der Waals surface area contributed by atoms with E-state index in [9.17, 15) is 9.59 Å². The van der Waals surface area contributed by atoms with Crippen LogP contribution in [-0.4, -0.2) is 30.9 Å². The first-order valence-corrected chi connectivity index (χ1v) is 11.6. The van der Waals surface area contributed by atoms with Gasteiger partial charge in [0.25, 0.3) is 5.56 Å². The van der Waals surface area contributed by atoms with Crippen LogP contribution in [0, 0.1) is 0 Å². The first-order chi connectivity index (χ1) is 16.5. The summed E-state index contributed by atoms with van der Waals surface area (Å²) in [6.07, 6.45) is 1.39. The van der Waals surface area contributed by atoms with Gasteiger partial charge in [-0.2, -0.15) is 10.1 Å². The summed E-state index contributed by atoms with van der Waals surface area (Å²) in [5, 5.41) is 6.61. The van der Waals surface area contributed by atoms with Crippen LogP contribution in [0.25, 0.3) is 11.2 Å². The Kier molecular flexibility index (Phi) is 5.65. The average molecular weight is 457 g/mol. The van der Waals surface area contributed by atoms with Gasteiger partial charge in [-0.3, -0.25) is 18.5 Å². The zero-order valence-electron chi connectivity index (χ0n) is 19.7. The Labute approximate surface area is 197 Å². The number of aromatic nitrogens is 4. The molecule has 8 heteroatoms. The van der Waals surface area contributed by atoms with Crippen molar-refractivity contribution in [1.82, 2.24) is 18.7 Å². The minimum absolute atomic E-state index is 0.138. The van der Waals surface area contributed by atoms with Crippen LogP contribution in [0.5, 0.6) is 0 Å². The van der Waals surface area contributed by atoms with Gasteiger partial charge in [0.1, 0.15) is 0 Å². The second-order valence-electron chi connectivity index (χ2n) is 8.76. The van der Waals surface area contributed by atoms with Gasteiger partial charge in [-0.15, -0.1) is 0 Å². The molecule has 3 heterocycles. The third-order valence-electron chi connectivity index (χ3n) is 6.58. The topological polar surface area (TPSA) is 77.4 Å². The minimum atomic E-state index is -0.356. The van der Waals surface area contributed by atoms with Gasteiger partial charge in [0.05, 0.1) is 11.8 Å². The number of imidazole rings is 1. The quantitative estimate of drug-likeness (QED) is 0.447. The van der Waals surface area contributed by atoms with Crippen molar-refractivity contribution in [2.75, 3.05) is 11.6 Å². The van der Waals surface area contributed by atoms with Gasteiger partial charge < -0.3 is 0 Å². The second-order valence-corrected chi connectivity index (χ2v) is 8.76. The number of nitrogens with zero attached hydrogens (tertiary/aromatic N) is 6. The molecule has 0 saturated carbocycles. The maximum atomic E-state index is 13.6. The molecule has 1 aliphatic rings. The molecule has 1 atom stereocenters. The first-order valence-electron chi connectivity index (χ1n) is 11.6. The number of hydrogen-bond donors (Lipinski definition) is 0. The van der Waals surface area contributed by atoms with Gasteiger partial charge >= 0.3 is 5.69 Å². The Morgan fingerprint density at radius 2 is 1.47 bits per heavy atom. The normalized spacial score (nSPS) is 15.4. The zero-order chi connectivity index (χ0) is 23.8. The molecule has 34 heavy (non-hydrogen) atoms. The lowest BCUT2D eigenvalue weighted by molar-refractivity contribution is 0.594. The molecule has 0 radical (unpaired) electrons. The van der Waals surface area contributed by atoms with E-state index in [0.29, 0.717) is 36.6 Å². The standard InChI is InChI=1S/C26H28N6O2/c1-18-19(2)32-22-23(27-25(32)31(28-18)17-15-21-12-8-5-9-13-21)29(3)26(34)30(24(22)33)16-14-20-10-6-4-7-11-20/h4-13,19H,14-17H2,1-3H3/t19-/m1/s1. The lowest BCUT2D eigenvalue weighted by Crippen LogP contribution is -2.40. The van der Waals surface area contributed by atoms with E-state index in [-0.39, 0.29) is 17.3 Å². The van der Waals surface area contributed by atoms with Crippen LogP contribution in [0.4, 0.5) is 5.95 Å². The average Bonchev–Trinajstić information content (AvgIpc) is 3.27. The summed E-state index contributed by atoms with van der Waals surface area (Å²) in [7, 11) is 1.68. The minimum Gasteiger partial charge on any atom is -0.294 e. The van der Waals surface area contributed by atoms with E-state index < -0.39 is 0 Å². The van der Waals surface area contributed by atoms with Crippen molar-refractivity contribution in [2.45, 2.75) is 39.3 Å². The van der Waals surface area contributed by atoms with Crippen LogP contribution in [0.3, 0.4) is 0 Å². The predicted molar refractivity (Wildman–Crippen MR) is 135 cm³/mol. The number of rotatable bonds is 6. The van der Waals surface area contributed by atoms with Crippen molar-refractivity contribution in [1.29, 1.82) is 0 Å². The largest absolute Gasteiger partial charge is 0.332 e. The van der Waals surface area contributed by atoms with Crippen molar-refractivity contribution >= 4 is 22.8 Å². The number of hydrogen-bond acceptors (Lipinski definition) is 5. The summed E-state index contributed by atoms with van der Waals surface area (Å²) < 4.78 is 4.74. The summed E-state index contributed by atoms with van der Waals surface area (Å²) in [5.74, 6) is 0.594. The summed E-state index contributed by atoms with van der Waals surface area (Å²) in [6.45, 7) is 4.90. The molecule has 174 valence electrons. The molecule has 0 bridgehead atoms. The second kappa shape index (κ2) is 8.78. The lowest BCUT2D eigenvalue weighted by Gasteiger charge is -2.29. The summed E-state index contributed by atoms with van der Waals surface area (Å²) in [4.78, 5) is 31.5. The van der Waals surface area contributed by atoms with Gasteiger partial charge in [-0.05, 0) is 37.8 Å². The Bertz CT molecular complexity index is 1480. The van der Waals surface area contributed by atoms with Crippen molar-refractivity contribution in [3.8, 4) is 0 Å². The molecule has 2 aromatic heterocycles. The number of benzene rings is 2. The van der Waals surface area contributed by atoms with Crippen molar-refractivity contribution in [3.63, 3.8) is 0 Å². The molecule has 0 N–H and O–H groups in total. The maximum Gasteiger partial charge on any atom is 0.332 e. The van der Waals surface area contributed by atoms with Gasteiger partial charge in [-0.25, -0.2) is 9.80 Å². The van der Waals surface area contributed by atoms with E-state index in [2.05, 4.69) is 12.1 Å². The number of fused-ring (bicyclic) bond motifs is 3. The van der Waals surface area contributed by atoms with Crippen molar-refractivity contribution in [3.05, 3.63) is 92.6 Å². The van der Waals surface area contributed by atoms with E-state index in [4.69, 9.17) is 10.1 Å². The Hall–Kier alpha value is -3.94. The van der Waals surface area contributed by atoms with Gasteiger partial charge in [-0.1, -0.05) is 60.7 Å². The Balaban J connectivity index is 1.58. The summed E-state index contributed by atoms with van der Waals surface area (Å²) >= 11 is 0. The molecule has 4 aromatic rings. The van der Waals surface area contributed by atoms with Crippen LogP contribution in [0.2, 0.25) is 0 Å². The molecule has 0 unspecified atom stereocenters. The van der Waals surface area contributed by atoms with Gasteiger partial charge in [0.2, 0.25) is 5.95 Å². The molecule has 0 amide bonds. The predicted octanol–water partition coefficient (Wildman–Crippen LogP) is 3.14. The molecule has 1 aliphatic heterocycles. The molecular weight excluding hydrogens is 428 g/mol. The number of anilines is 1. The lowest BCUT2D eigenvalue weighted by atomic mass is 10.1. The molecule has 0 spiro atoms. The van der Waals surface area contributed by atoms with Crippen LogP contribution < -0.4 is 16.3 Å². The van der Waals surface area contributed by atoms with Crippen molar-refractivity contribution in [2.24, 2.45) is 12.1 Å². The highest BCUT2D eigenvalue weighted by Crippen LogP contribution is 2.29. The fraction of sp³-hybridized carbons (Fsp3) is 0.308. The van der Waals surface area contributed by atoms with E-state index in [1.54, 1.807) is 7.05 Å². The Morgan fingerprint density at radius 3 is 2.09 bits per heavy atom. The fourth-order valence-corrected chi connectivity index (χ4v) is 4.50. The summed E-state index contributed by atoms with van der Waals surface area (Å²) in [5.41, 5.74) is 3.34. The monoisotopic (exact) mass is 456 g/mol. The molecule has 5 rings (SSSR count). The van der Waals surface area contributed by atoms with E-state index in [1.807, 2.05) is 72.0 Å². The highest BCUT2D eigenvalue weighted by Gasteiger charge is 2.30. The number of hydrazone groups is 1. The third-order valence-corrected chi connectivity index (χ3v) is 6.58. The van der Waals surface area contributed by atoms with Crippen LogP contribution in [0.1, 0.15) is 31.0 Å². The van der Waals surface area contributed by atoms with Crippen LogP contribution >= 0.6 is 0 Å². The van der Waals surface area contributed by atoms with E-state index in [1.165, 1.54) is 14.7 Å². The third kappa shape index (κ3) is 3.75. The maximum absolute atomic E-state index is 13.6. The highest BCUT2D eigenvalue weighted by molar-refractivity contribution is 5.91. The summed E-state index contributed by atoms with van der Waals surface area (Å²) in [6, 6.07) is 19.9. The molecule has 0 fully saturated rings. The molecular formula is C26H28N6O2. The van der Waals surface area contributed by atoms with E-state index in [0.717, 1.165) is 17.7 Å². The SMILES string of the molecule is CC1=NN(CCc2ccccc2)c2nc3c(c(=O)n(CCc4ccccc4)c(=O)n3C)n2[C@@H]1C. The molecule has 2 aromatic carbocycles. The highest BCUT2D eigenvalue weighted by atomic mass is 16.2. The van der Waals surface area contributed by atoms with Crippen LogP contribution in [-0.2, 0) is 26.4 Å². The fourth-order valence-electron chi connectivity index (χ4n) is 4.50. The Morgan fingerprint density at radius 1 is 0.882 bits per heavy atom. The van der Waals surface area contributed by atoms with E-state index >= 15 is 0 Å². The van der Waals surface area contributed by atoms with Crippen molar-refractivity contribution < 1.29 is 0 Å². The van der Waals surface area contributed by atoms with Gasteiger partial charge in [0, 0.05) is 20.1 Å². The molecule has 0 aliphatic carbocycles. The van der Waals surface area contributed by atoms with Gasteiger partial charge in [0.15, 0.2) is 11.2 Å². The number of aryl methyl sites for hydroxylation is 2. The first kappa shape index (κ1) is 21.9.